The van der Waals surface area contributed by atoms with E-state index in [0.29, 0.717) is 11.5 Å². The first-order valence-electron chi connectivity index (χ1n) is 4.96. The first-order valence-corrected chi connectivity index (χ1v) is 4.96. The van der Waals surface area contributed by atoms with E-state index in [-0.39, 0.29) is 17.6 Å². The Morgan fingerprint density at radius 3 is 2.54 bits per heavy atom. The zero-order valence-corrected chi connectivity index (χ0v) is 8.58. The topological polar surface area (TPSA) is 37.3 Å². The third-order valence-corrected chi connectivity index (χ3v) is 3.01. The fourth-order valence-electron chi connectivity index (χ4n) is 2.00. The molecule has 1 saturated carbocycles. The van der Waals surface area contributed by atoms with Crippen molar-refractivity contribution in [2.75, 3.05) is 0 Å². The quantitative estimate of drug-likeness (QED) is 0.500. The molecule has 74 valence electrons. The van der Waals surface area contributed by atoms with E-state index in [0.717, 1.165) is 19.1 Å². The van der Waals surface area contributed by atoms with Crippen LogP contribution < -0.4 is 0 Å². The van der Waals surface area contributed by atoms with Gasteiger partial charge in [0.05, 0.1) is 6.26 Å². The first-order chi connectivity index (χ1) is 6.07. The molecule has 1 aliphatic rings. The van der Waals surface area contributed by atoms with Crippen LogP contribution in [0.5, 0.6) is 0 Å². The highest BCUT2D eigenvalue weighted by Crippen LogP contribution is 2.33. The Labute approximate surface area is 79.6 Å². The van der Waals surface area contributed by atoms with Gasteiger partial charge in [0.1, 0.15) is 0 Å². The minimum Gasteiger partial charge on any atom is -0.515 e. The van der Waals surface area contributed by atoms with Crippen molar-refractivity contribution in [1.82, 2.24) is 0 Å². The van der Waals surface area contributed by atoms with Gasteiger partial charge in [-0.05, 0) is 24.7 Å². The normalized spacial score (nSPS) is 32.9. The van der Waals surface area contributed by atoms with Gasteiger partial charge in [-0.25, -0.2) is 0 Å². The van der Waals surface area contributed by atoms with Crippen LogP contribution in [0.4, 0.5) is 0 Å². The molecule has 0 aromatic rings. The Morgan fingerprint density at radius 1 is 1.46 bits per heavy atom. The minimum atomic E-state index is 0.120. The lowest BCUT2D eigenvalue weighted by atomic mass is 9.74. The number of aliphatic hydroxyl groups is 1. The predicted molar refractivity (Wildman–Crippen MR) is 52.4 cm³/mol. The highest BCUT2D eigenvalue weighted by atomic mass is 16.2. The molecule has 0 spiro atoms. The second kappa shape index (κ2) is 3.95. The molecular formula is C11H18O2. The molecule has 2 heteroatoms. The summed E-state index contributed by atoms with van der Waals surface area (Å²) in [6, 6.07) is 0. The maximum Gasteiger partial charge on any atom is 0.165 e. The van der Waals surface area contributed by atoms with Gasteiger partial charge in [0.2, 0.25) is 0 Å². The first kappa shape index (κ1) is 10.3. The predicted octanol–water partition coefficient (Wildman–Crippen LogP) is 2.70. The smallest absolute Gasteiger partial charge is 0.165 e. The molecule has 0 heterocycles. The van der Waals surface area contributed by atoms with Crippen molar-refractivity contribution in [3.63, 3.8) is 0 Å². The van der Waals surface area contributed by atoms with Crippen molar-refractivity contribution in [1.29, 1.82) is 0 Å². The highest BCUT2D eigenvalue weighted by Gasteiger charge is 2.32. The largest absolute Gasteiger partial charge is 0.515 e. The summed E-state index contributed by atoms with van der Waals surface area (Å²) in [6.45, 7) is 6.12. The summed E-state index contributed by atoms with van der Waals surface area (Å²) >= 11 is 0. The third-order valence-electron chi connectivity index (χ3n) is 3.01. The second-order valence-corrected chi connectivity index (χ2v) is 4.28. The van der Waals surface area contributed by atoms with Crippen molar-refractivity contribution in [3.8, 4) is 0 Å². The Balaban J connectivity index is 2.82. The third kappa shape index (κ3) is 1.93. The summed E-state index contributed by atoms with van der Waals surface area (Å²) in [4.78, 5) is 11.8. The van der Waals surface area contributed by atoms with Crippen LogP contribution >= 0.6 is 0 Å². The molecule has 0 radical (unpaired) electrons. The standard InChI is InChI=1S/C11H18O2/c1-7(2)9-5-4-8(3)10(6-12)11(9)13/h6-9,12H,4-5H2,1-3H3. The van der Waals surface area contributed by atoms with Gasteiger partial charge in [-0.2, -0.15) is 0 Å². The molecule has 1 N–H and O–H groups in total. The summed E-state index contributed by atoms with van der Waals surface area (Å²) in [5.41, 5.74) is 0.616. The van der Waals surface area contributed by atoms with Gasteiger partial charge >= 0.3 is 0 Å². The van der Waals surface area contributed by atoms with Crippen LogP contribution in [0.1, 0.15) is 33.6 Å². The Morgan fingerprint density at radius 2 is 2.08 bits per heavy atom. The number of allylic oxidation sites excluding steroid dienone is 1. The molecule has 1 rings (SSSR count). The van der Waals surface area contributed by atoms with Gasteiger partial charge in [0.15, 0.2) is 5.78 Å². The van der Waals surface area contributed by atoms with Gasteiger partial charge in [-0.3, -0.25) is 4.79 Å². The maximum atomic E-state index is 11.8. The van der Waals surface area contributed by atoms with Gasteiger partial charge in [-0.15, -0.1) is 0 Å². The molecule has 0 aromatic heterocycles. The summed E-state index contributed by atoms with van der Waals surface area (Å²) in [7, 11) is 0. The van der Waals surface area contributed by atoms with Gasteiger partial charge < -0.3 is 5.11 Å². The van der Waals surface area contributed by atoms with E-state index in [2.05, 4.69) is 13.8 Å². The molecule has 2 nitrogen and oxygen atoms in total. The van der Waals surface area contributed by atoms with Crippen LogP contribution in [0.25, 0.3) is 0 Å². The Hall–Kier alpha value is -0.790. The van der Waals surface area contributed by atoms with Crippen LogP contribution in [0.2, 0.25) is 0 Å². The molecule has 1 fully saturated rings. The van der Waals surface area contributed by atoms with E-state index in [1.54, 1.807) is 0 Å². The molecule has 2 atom stereocenters. The average molecular weight is 182 g/mol. The summed E-state index contributed by atoms with van der Waals surface area (Å²) in [6.07, 6.45) is 2.98. The fourth-order valence-corrected chi connectivity index (χ4v) is 2.00. The average Bonchev–Trinajstić information content (AvgIpc) is 2.04. The molecule has 13 heavy (non-hydrogen) atoms. The van der Waals surface area contributed by atoms with E-state index in [9.17, 15) is 4.79 Å². The number of hydrogen-bond acceptors (Lipinski definition) is 2. The zero-order valence-electron chi connectivity index (χ0n) is 8.58. The summed E-state index contributed by atoms with van der Waals surface area (Å²) in [5, 5.41) is 8.95. The van der Waals surface area contributed by atoms with E-state index < -0.39 is 0 Å². The molecule has 0 saturated heterocycles. The molecule has 0 aliphatic heterocycles. The van der Waals surface area contributed by atoms with Crippen LogP contribution in [-0.2, 0) is 4.79 Å². The lowest BCUT2D eigenvalue weighted by Crippen LogP contribution is -2.30. The number of rotatable bonds is 1. The monoisotopic (exact) mass is 182 g/mol. The molecule has 2 unspecified atom stereocenters. The van der Waals surface area contributed by atoms with Crippen molar-refractivity contribution < 1.29 is 9.90 Å². The van der Waals surface area contributed by atoms with E-state index in [4.69, 9.17) is 5.11 Å². The van der Waals surface area contributed by atoms with Gasteiger partial charge in [-0.1, -0.05) is 20.8 Å². The van der Waals surface area contributed by atoms with Crippen molar-refractivity contribution in [3.05, 3.63) is 11.8 Å². The zero-order chi connectivity index (χ0) is 10.0. The van der Waals surface area contributed by atoms with Gasteiger partial charge in [0.25, 0.3) is 0 Å². The lowest BCUT2D eigenvalue weighted by Gasteiger charge is -2.29. The number of carbonyl (C=O) groups excluding carboxylic acids is 1. The van der Waals surface area contributed by atoms with E-state index in [1.165, 1.54) is 0 Å². The number of carbonyl (C=O) groups is 1. The Bertz CT molecular complexity index is 228. The van der Waals surface area contributed by atoms with Crippen LogP contribution in [0.15, 0.2) is 11.8 Å². The molecule has 1 aliphatic carbocycles. The maximum absolute atomic E-state index is 11.8. The van der Waals surface area contributed by atoms with Crippen molar-refractivity contribution in [2.24, 2.45) is 17.8 Å². The van der Waals surface area contributed by atoms with E-state index >= 15 is 0 Å². The minimum absolute atomic E-state index is 0.120. The summed E-state index contributed by atoms with van der Waals surface area (Å²) < 4.78 is 0. The fraction of sp³-hybridized carbons (Fsp3) is 0.727. The molecule has 0 bridgehead atoms. The highest BCUT2D eigenvalue weighted by molar-refractivity contribution is 5.98. The number of Topliss-reactive ketones (excluding diaryl/α,β-unsaturated/α-hetero) is 1. The number of ketones is 1. The lowest BCUT2D eigenvalue weighted by molar-refractivity contribution is -0.122. The van der Waals surface area contributed by atoms with Gasteiger partial charge in [0, 0.05) is 11.5 Å². The molecular weight excluding hydrogens is 164 g/mol. The van der Waals surface area contributed by atoms with E-state index in [1.807, 2.05) is 6.92 Å². The van der Waals surface area contributed by atoms with Crippen LogP contribution in [0.3, 0.4) is 0 Å². The van der Waals surface area contributed by atoms with Crippen molar-refractivity contribution >= 4 is 5.78 Å². The number of aliphatic hydroxyl groups excluding tert-OH is 1. The second-order valence-electron chi connectivity index (χ2n) is 4.28. The Kier molecular flexibility index (Phi) is 3.12. The van der Waals surface area contributed by atoms with Crippen molar-refractivity contribution in [2.45, 2.75) is 33.6 Å². The summed E-state index contributed by atoms with van der Waals surface area (Å²) in [5.74, 6) is 0.883. The molecule has 0 aromatic carbocycles. The molecule has 0 amide bonds. The van der Waals surface area contributed by atoms with Crippen LogP contribution in [-0.4, -0.2) is 10.9 Å². The number of hydrogen-bond donors (Lipinski definition) is 1. The SMILES string of the molecule is CC1CCC(C(C)C)C(=O)C1=CO. The van der Waals surface area contributed by atoms with Crippen LogP contribution in [0, 0.1) is 17.8 Å².